The molecule has 0 aromatic heterocycles. The first-order valence-corrected chi connectivity index (χ1v) is 7.57. The summed E-state index contributed by atoms with van der Waals surface area (Å²) in [5.74, 6) is 1.31. The van der Waals surface area contributed by atoms with Crippen molar-refractivity contribution in [1.29, 1.82) is 0 Å². The van der Waals surface area contributed by atoms with Crippen LogP contribution in [0.15, 0.2) is 30.3 Å². The Balaban J connectivity index is 1.47. The van der Waals surface area contributed by atoms with Crippen LogP contribution in [0.3, 0.4) is 0 Å². The molecule has 0 saturated carbocycles. The monoisotopic (exact) mass is 292 g/mol. The second kappa shape index (κ2) is 9.37. The Morgan fingerprint density at radius 2 is 2.14 bits per heavy atom. The number of para-hydroxylation sites is 1. The topological polar surface area (TPSA) is 59.6 Å². The summed E-state index contributed by atoms with van der Waals surface area (Å²) in [6.45, 7) is 3.77. The lowest BCUT2D eigenvalue weighted by molar-refractivity contribution is -0.126. The van der Waals surface area contributed by atoms with E-state index in [2.05, 4.69) is 10.6 Å². The summed E-state index contributed by atoms with van der Waals surface area (Å²) in [6, 6.07) is 9.57. The molecule has 1 atom stereocenters. The van der Waals surface area contributed by atoms with E-state index in [9.17, 15) is 4.79 Å². The number of amides is 1. The molecule has 1 fully saturated rings. The Morgan fingerprint density at radius 1 is 1.29 bits per heavy atom. The highest BCUT2D eigenvalue weighted by atomic mass is 16.5. The van der Waals surface area contributed by atoms with Crippen molar-refractivity contribution in [2.75, 3.05) is 39.5 Å². The SMILES string of the molecule is O=C(COCCOc1ccccc1)NCC1CCCNC1. The van der Waals surface area contributed by atoms with E-state index in [1.54, 1.807) is 0 Å². The van der Waals surface area contributed by atoms with Gasteiger partial charge in [-0.15, -0.1) is 0 Å². The lowest BCUT2D eigenvalue weighted by atomic mass is 10.00. The first-order valence-electron chi connectivity index (χ1n) is 7.57. The molecule has 0 spiro atoms. The Kier molecular flexibility index (Phi) is 7.04. The first-order chi connectivity index (χ1) is 10.3. The molecule has 0 radical (unpaired) electrons. The molecule has 116 valence electrons. The summed E-state index contributed by atoms with van der Waals surface area (Å²) >= 11 is 0. The van der Waals surface area contributed by atoms with Crippen LogP contribution < -0.4 is 15.4 Å². The predicted octanol–water partition coefficient (Wildman–Crippen LogP) is 1.20. The number of carbonyl (C=O) groups is 1. The summed E-state index contributed by atoms with van der Waals surface area (Å²) in [7, 11) is 0. The van der Waals surface area contributed by atoms with E-state index in [1.807, 2.05) is 30.3 Å². The van der Waals surface area contributed by atoms with Gasteiger partial charge in [0.25, 0.3) is 0 Å². The number of rotatable bonds is 8. The molecule has 21 heavy (non-hydrogen) atoms. The summed E-state index contributed by atoms with van der Waals surface area (Å²) in [6.07, 6.45) is 2.37. The molecule has 1 unspecified atom stereocenters. The van der Waals surface area contributed by atoms with Gasteiger partial charge in [-0.1, -0.05) is 18.2 Å². The van der Waals surface area contributed by atoms with Crippen molar-refractivity contribution in [3.8, 4) is 5.75 Å². The van der Waals surface area contributed by atoms with Gasteiger partial charge in [-0.25, -0.2) is 0 Å². The third-order valence-electron chi connectivity index (χ3n) is 3.46. The van der Waals surface area contributed by atoms with Gasteiger partial charge in [0.15, 0.2) is 0 Å². The maximum absolute atomic E-state index is 11.6. The molecule has 1 aromatic carbocycles. The fraction of sp³-hybridized carbons (Fsp3) is 0.562. The van der Waals surface area contributed by atoms with E-state index in [1.165, 1.54) is 12.8 Å². The number of piperidine rings is 1. The molecule has 2 rings (SSSR count). The van der Waals surface area contributed by atoms with E-state index in [4.69, 9.17) is 9.47 Å². The fourth-order valence-electron chi connectivity index (χ4n) is 2.31. The summed E-state index contributed by atoms with van der Waals surface area (Å²) in [4.78, 5) is 11.6. The molecular weight excluding hydrogens is 268 g/mol. The predicted molar refractivity (Wildman–Crippen MR) is 81.4 cm³/mol. The molecule has 1 saturated heterocycles. The molecule has 1 aromatic rings. The molecule has 5 heteroatoms. The van der Waals surface area contributed by atoms with Crippen LogP contribution in [-0.2, 0) is 9.53 Å². The highest BCUT2D eigenvalue weighted by Gasteiger charge is 2.13. The number of hydrogen-bond donors (Lipinski definition) is 2. The molecular formula is C16H24N2O3. The number of nitrogens with one attached hydrogen (secondary N) is 2. The van der Waals surface area contributed by atoms with Gasteiger partial charge in [0.05, 0.1) is 6.61 Å². The highest BCUT2D eigenvalue weighted by molar-refractivity contribution is 5.77. The van der Waals surface area contributed by atoms with Gasteiger partial charge in [0.2, 0.25) is 5.91 Å². The molecule has 1 aliphatic rings. The number of carbonyl (C=O) groups excluding carboxylic acids is 1. The van der Waals surface area contributed by atoms with Gasteiger partial charge >= 0.3 is 0 Å². The zero-order valence-electron chi connectivity index (χ0n) is 12.3. The second-order valence-corrected chi connectivity index (χ2v) is 5.23. The van der Waals surface area contributed by atoms with Crippen LogP contribution in [0.25, 0.3) is 0 Å². The highest BCUT2D eigenvalue weighted by Crippen LogP contribution is 2.08. The van der Waals surface area contributed by atoms with Crippen LogP contribution in [0.1, 0.15) is 12.8 Å². The van der Waals surface area contributed by atoms with Crippen molar-refractivity contribution in [1.82, 2.24) is 10.6 Å². The standard InChI is InChI=1S/C16H24N2O3/c19-16(18-12-14-5-4-8-17-11-14)13-20-9-10-21-15-6-2-1-3-7-15/h1-3,6-7,14,17H,4-5,8-13H2,(H,18,19). The lowest BCUT2D eigenvalue weighted by Gasteiger charge is -2.22. The average Bonchev–Trinajstić information content (AvgIpc) is 2.54. The molecule has 5 nitrogen and oxygen atoms in total. The number of hydrogen-bond acceptors (Lipinski definition) is 4. The second-order valence-electron chi connectivity index (χ2n) is 5.23. The Morgan fingerprint density at radius 3 is 2.90 bits per heavy atom. The van der Waals surface area contributed by atoms with Crippen LogP contribution in [0.4, 0.5) is 0 Å². The third kappa shape index (κ3) is 6.60. The zero-order chi connectivity index (χ0) is 14.8. The van der Waals surface area contributed by atoms with Crippen molar-refractivity contribution >= 4 is 5.91 Å². The van der Waals surface area contributed by atoms with E-state index in [0.29, 0.717) is 19.1 Å². The van der Waals surface area contributed by atoms with Crippen LogP contribution in [0, 0.1) is 5.92 Å². The Labute approximate surface area is 126 Å². The largest absolute Gasteiger partial charge is 0.491 e. The normalized spacial score (nSPS) is 18.2. The lowest BCUT2D eigenvalue weighted by Crippen LogP contribution is -2.39. The Hall–Kier alpha value is -1.59. The summed E-state index contributed by atoms with van der Waals surface area (Å²) in [5.41, 5.74) is 0. The average molecular weight is 292 g/mol. The van der Waals surface area contributed by atoms with Gasteiger partial charge < -0.3 is 20.1 Å². The van der Waals surface area contributed by atoms with E-state index < -0.39 is 0 Å². The van der Waals surface area contributed by atoms with Crippen molar-refractivity contribution in [2.24, 2.45) is 5.92 Å². The van der Waals surface area contributed by atoms with E-state index in [-0.39, 0.29) is 12.5 Å². The van der Waals surface area contributed by atoms with E-state index in [0.717, 1.165) is 25.4 Å². The third-order valence-corrected chi connectivity index (χ3v) is 3.46. The minimum absolute atomic E-state index is 0.0553. The van der Waals surface area contributed by atoms with Gasteiger partial charge in [0.1, 0.15) is 19.0 Å². The number of ether oxygens (including phenoxy) is 2. The van der Waals surface area contributed by atoms with Gasteiger partial charge in [0, 0.05) is 6.54 Å². The smallest absolute Gasteiger partial charge is 0.246 e. The van der Waals surface area contributed by atoms with E-state index >= 15 is 0 Å². The minimum Gasteiger partial charge on any atom is -0.491 e. The number of benzene rings is 1. The summed E-state index contributed by atoms with van der Waals surface area (Å²) < 4.78 is 10.8. The van der Waals surface area contributed by atoms with Crippen LogP contribution in [0.5, 0.6) is 5.75 Å². The molecule has 0 aliphatic carbocycles. The maximum Gasteiger partial charge on any atom is 0.246 e. The molecule has 2 N–H and O–H groups in total. The first kappa shape index (κ1) is 15.8. The molecule has 0 bridgehead atoms. The van der Waals surface area contributed by atoms with Crippen LogP contribution >= 0.6 is 0 Å². The zero-order valence-corrected chi connectivity index (χ0v) is 12.3. The maximum atomic E-state index is 11.6. The van der Waals surface area contributed by atoms with Gasteiger partial charge in [-0.2, -0.15) is 0 Å². The minimum atomic E-state index is -0.0553. The van der Waals surface area contributed by atoms with Crippen LogP contribution in [-0.4, -0.2) is 45.4 Å². The fourth-order valence-corrected chi connectivity index (χ4v) is 2.31. The molecule has 1 aliphatic heterocycles. The Bertz CT molecular complexity index is 405. The summed E-state index contributed by atoms with van der Waals surface area (Å²) in [5, 5.41) is 6.25. The van der Waals surface area contributed by atoms with Crippen LogP contribution in [0.2, 0.25) is 0 Å². The van der Waals surface area contributed by atoms with Crippen molar-refractivity contribution in [3.63, 3.8) is 0 Å². The molecule has 1 amide bonds. The van der Waals surface area contributed by atoms with Crippen molar-refractivity contribution < 1.29 is 14.3 Å². The van der Waals surface area contributed by atoms with Gasteiger partial charge in [-0.3, -0.25) is 4.79 Å². The quantitative estimate of drug-likeness (QED) is 0.707. The van der Waals surface area contributed by atoms with Crippen molar-refractivity contribution in [2.45, 2.75) is 12.8 Å². The molecule has 1 heterocycles. The van der Waals surface area contributed by atoms with Crippen molar-refractivity contribution in [3.05, 3.63) is 30.3 Å². The van der Waals surface area contributed by atoms with Gasteiger partial charge in [-0.05, 0) is 44.0 Å².